The molecule has 0 saturated heterocycles. The second-order valence-electron chi connectivity index (χ2n) is 6.35. The first kappa shape index (κ1) is 20.5. The summed E-state index contributed by atoms with van der Waals surface area (Å²) in [4.78, 5) is 23.3. The van der Waals surface area contributed by atoms with Crippen molar-refractivity contribution in [2.75, 3.05) is 17.2 Å². The number of amides is 1. The molecule has 146 valence electrons. The zero-order chi connectivity index (χ0) is 20.2. The maximum Gasteiger partial charge on any atom is 0.303 e. The second-order valence-corrected chi connectivity index (χ2v) is 6.35. The number of nitrogens with zero attached hydrogens (tertiary/aromatic N) is 3. The Morgan fingerprint density at radius 2 is 1.96 bits per heavy atom. The summed E-state index contributed by atoms with van der Waals surface area (Å²) >= 11 is 0. The maximum atomic E-state index is 13.8. The SMILES string of the molecule is CCOc1cnc(NC(C)=O)cc1Nc1cc(C(C)C)nc(C(C)(F)F)n1. The maximum absolute atomic E-state index is 13.8. The minimum absolute atomic E-state index is 0.0617. The molecule has 2 aromatic rings. The Morgan fingerprint density at radius 1 is 1.26 bits per heavy atom. The number of hydrogen-bond donors (Lipinski definition) is 2. The molecule has 2 heterocycles. The van der Waals surface area contributed by atoms with Crippen LogP contribution in [-0.4, -0.2) is 27.5 Å². The van der Waals surface area contributed by atoms with Gasteiger partial charge in [0, 0.05) is 31.7 Å². The van der Waals surface area contributed by atoms with Crippen molar-refractivity contribution < 1.29 is 18.3 Å². The number of hydrogen-bond acceptors (Lipinski definition) is 6. The van der Waals surface area contributed by atoms with Gasteiger partial charge in [-0.1, -0.05) is 13.8 Å². The summed E-state index contributed by atoms with van der Waals surface area (Å²) in [6.07, 6.45) is 1.44. The molecule has 0 saturated carbocycles. The van der Waals surface area contributed by atoms with Gasteiger partial charge in [0.2, 0.25) is 11.7 Å². The Kier molecular flexibility index (Phi) is 6.24. The fourth-order valence-corrected chi connectivity index (χ4v) is 2.22. The van der Waals surface area contributed by atoms with Crippen LogP contribution < -0.4 is 15.4 Å². The monoisotopic (exact) mass is 379 g/mol. The van der Waals surface area contributed by atoms with Crippen LogP contribution in [0, 0.1) is 0 Å². The van der Waals surface area contributed by atoms with Crippen molar-refractivity contribution in [2.24, 2.45) is 0 Å². The van der Waals surface area contributed by atoms with Crippen LogP contribution in [0.15, 0.2) is 18.3 Å². The van der Waals surface area contributed by atoms with Crippen molar-refractivity contribution in [2.45, 2.75) is 46.5 Å². The number of aromatic nitrogens is 3. The highest BCUT2D eigenvalue weighted by Crippen LogP contribution is 2.31. The lowest BCUT2D eigenvalue weighted by molar-refractivity contribution is -0.114. The molecule has 0 spiro atoms. The van der Waals surface area contributed by atoms with Gasteiger partial charge < -0.3 is 15.4 Å². The van der Waals surface area contributed by atoms with E-state index in [1.54, 1.807) is 12.1 Å². The highest BCUT2D eigenvalue weighted by atomic mass is 19.3. The number of anilines is 3. The Balaban J connectivity index is 2.47. The van der Waals surface area contributed by atoms with E-state index < -0.39 is 11.7 Å². The van der Waals surface area contributed by atoms with Crippen molar-refractivity contribution in [1.82, 2.24) is 15.0 Å². The van der Waals surface area contributed by atoms with E-state index in [4.69, 9.17) is 4.74 Å². The van der Waals surface area contributed by atoms with E-state index >= 15 is 0 Å². The third kappa shape index (κ3) is 5.57. The largest absolute Gasteiger partial charge is 0.490 e. The van der Waals surface area contributed by atoms with Crippen molar-refractivity contribution in [3.8, 4) is 5.75 Å². The number of rotatable bonds is 7. The third-order valence-electron chi connectivity index (χ3n) is 3.46. The molecule has 0 aromatic carbocycles. The van der Waals surface area contributed by atoms with E-state index in [2.05, 4.69) is 25.6 Å². The van der Waals surface area contributed by atoms with Crippen LogP contribution in [0.3, 0.4) is 0 Å². The normalized spacial score (nSPS) is 11.4. The zero-order valence-electron chi connectivity index (χ0n) is 15.9. The number of pyridine rings is 1. The number of ether oxygens (including phenoxy) is 1. The molecule has 0 aliphatic heterocycles. The number of alkyl halides is 2. The van der Waals surface area contributed by atoms with Crippen LogP contribution in [0.4, 0.5) is 26.1 Å². The van der Waals surface area contributed by atoms with E-state index in [-0.39, 0.29) is 17.6 Å². The van der Waals surface area contributed by atoms with E-state index in [1.807, 2.05) is 20.8 Å². The van der Waals surface area contributed by atoms with Gasteiger partial charge in [0.15, 0.2) is 5.75 Å². The predicted octanol–water partition coefficient (Wildman–Crippen LogP) is 4.21. The molecule has 2 N–H and O–H groups in total. The number of nitrogens with one attached hydrogen (secondary N) is 2. The predicted molar refractivity (Wildman–Crippen MR) is 98.7 cm³/mol. The van der Waals surface area contributed by atoms with E-state index in [1.165, 1.54) is 13.1 Å². The first-order valence-electron chi connectivity index (χ1n) is 8.54. The Morgan fingerprint density at radius 3 is 2.52 bits per heavy atom. The zero-order valence-corrected chi connectivity index (χ0v) is 15.9. The molecular formula is C18H23F2N5O2. The highest BCUT2D eigenvalue weighted by molar-refractivity contribution is 5.88. The van der Waals surface area contributed by atoms with Gasteiger partial charge in [0.05, 0.1) is 18.5 Å². The molecule has 27 heavy (non-hydrogen) atoms. The van der Waals surface area contributed by atoms with Crippen molar-refractivity contribution in [3.63, 3.8) is 0 Å². The van der Waals surface area contributed by atoms with Crippen molar-refractivity contribution >= 4 is 23.2 Å². The van der Waals surface area contributed by atoms with E-state index in [9.17, 15) is 13.6 Å². The molecule has 1 amide bonds. The number of halogens is 2. The third-order valence-corrected chi connectivity index (χ3v) is 3.46. The van der Waals surface area contributed by atoms with E-state index in [0.717, 1.165) is 6.92 Å². The summed E-state index contributed by atoms with van der Waals surface area (Å²) in [5.74, 6) is -3.18. The first-order chi connectivity index (χ1) is 12.6. The van der Waals surface area contributed by atoms with Gasteiger partial charge in [-0.3, -0.25) is 4.79 Å². The second kappa shape index (κ2) is 8.24. The average Bonchev–Trinajstić information content (AvgIpc) is 2.55. The summed E-state index contributed by atoms with van der Waals surface area (Å²) < 4.78 is 33.1. The summed E-state index contributed by atoms with van der Waals surface area (Å²) in [7, 11) is 0. The van der Waals surface area contributed by atoms with Gasteiger partial charge in [-0.25, -0.2) is 15.0 Å². The summed E-state index contributed by atoms with van der Waals surface area (Å²) in [5.41, 5.74) is 0.924. The summed E-state index contributed by atoms with van der Waals surface area (Å²) in [6.45, 7) is 8.02. The molecule has 2 rings (SSSR count). The molecular weight excluding hydrogens is 356 g/mol. The quantitative estimate of drug-likeness (QED) is 0.749. The molecule has 0 atom stereocenters. The lowest BCUT2D eigenvalue weighted by atomic mass is 10.1. The van der Waals surface area contributed by atoms with Crippen LogP contribution in [0.25, 0.3) is 0 Å². The van der Waals surface area contributed by atoms with Gasteiger partial charge in [-0.05, 0) is 12.8 Å². The molecule has 0 bridgehead atoms. The molecule has 0 fully saturated rings. The lowest BCUT2D eigenvalue weighted by Gasteiger charge is -2.17. The van der Waals surface area contributed by atoms with Gasteiger partial charge >= 0.3 is 5.92 Å². The van der Waals surface area contributed by atoms with Gasteiger partial charge in [0.25, 0.3) is 0 Å². The molecule has 0 aliphatic carbocycles. The Hall–Kier alpha value is -2.84. The van der Waals surface area contributed by atoms with Gasteiger partial charge in [-0.15, -0.1) is 0 Å². The fraction of sp³-hybridized carbons (Fsp3) is 0.444. The van der Waals surface area contributed by atoms with Crippen LogP contribution in [0.5, 0.6) is 5.75 Å². The van der Waals surface area contributed by atoms with Gasteiger partial charge in [0.1, 0.15) is 11.6 Å². The van der Waals surface area contributed by atoms with Crippen molar-refractivity contribution in [1.29, 1.82) is 0 Å². The van der Waals surface area contributed by atoms with Crippen LogP contribution in [0.1, 0.15) is 52.1 Å². The smallest absolute Gasteiger partial charge is 0.303 e. The van der Waals surface area contributed by atoms with Crippen molar-refractivity contribution in [3.05, 3.63) is 29.8 Å². The van der Waals surface area contributed by atoms with Crippen LogP contribution in [-0.2, 0) is 10.7 Å². The molecule has 7 nitrogen and oxygen atoms in total. The minimum atomic E-state index is -3.18. The first-order valence-corrected chi connectivity index (χ1v) is 8.54. The minimum Gasteiger partial charge on any atom is -0.490 e. The van der Waals surface area contributed by atoms with Crippen LogP contribution >= 0.6 is 0 Å². The number of carbonyl (C=O) groups excluding carboxylic acids is 1. The molecule has 0 unspecified atom stereocenters. The summed E-state index contributed by atoms with van der Waals surface area (Å²) in [6, 6.07) is 3.15. The lowest BCUT2D eigenvalue weighted by Crippen LogP contribution is -2.16. The highest BCUT2D eigenvalue weighted by Gasteiger charge is 2.29. The number of carbonyl (C=O) groups is 1. The average molecular weight is 379 g/mol. The Bertz CT molecular complexity index is 822. The Labute approximate surface area is 156 Å². The van der Waals surface area contributed by atoms with E-state index in [0.29, 0.717) is 29.6 Å². The molecule has 2 aromatic heterocycles. The standard InChI is InChI=1S/C18H23F2N5O2/c1-6-27-14-9-21-15(22-11(4)26)8-13(14)23-16-7-12(10(2)3)24-17(25-16)18(5,19)20/h7-10H,6H2,1-5H3,(H2,21,22,23,24,25,26). The van der Waals surface area contributed by atoms with Gasteiger partial charge in [-0.2, -0.15) is 8.78 Å². The topological polar surface area (TPSA) is 89.0 Å². The molecule has 0 radical (unpaired) electrons. The molecule has 9 heteroatoms. The van der Waals surface area contributed by atoms with Crippen LogP contribution in [0.2, 0.25) is 0 Å². The fourth-order valence-electron chi connectivity index (χ4n) is 2.22. The molecule has 0 aliphatic rings. The summed E-state index contributed by atoms with van der Waals surface area (Å²) in [5, 5.41) is 5.55.